The van der Waals surface area contributed by atoms with Gasteiger partial charge in [-0.05, 0) is 258 Å². The standard InChI is InChI=1S/C62H60O2P2.C56H48O2P2/c1-41-36-44(4)58(45(5)37-41)57-40-48-24-20-22-34-54(48)60(62(57)64-66(51-29-15-9-16-30-51)52-31-17-10-18-32-52)59-53-33-21-19-23-47(53)39-56(55-38-42(2)35-43(3)46(55)6)61(59)63-65(49-25-11-7-12-26-49)50-27-13-8-14-28-50;1-7-23-41(24-8-1)51-39-43-27-19-21-37-49(43)53(55(51)57-59(45-29-11-3-12-30-45)46-31-13-4-14-32-46)54-50-38-22-20-28-44(50)40-52(42-25-9-2-10-26-42)56(54)58-60(47-33-15-5-16-34-47)48-35-17-6-18-36-48/h7-18,25-32,35-40H,19-24,33-34H2,1-6H3;1-18,23-26,29-36,39-40H,19-22,27-28,37-38H2. The van der Waals surface area contributed by atoms with Gasteiger partial charge in [0, 0.05) is 86.9 Å². The predicted molar refractivity (Wildman–Crippen MR) is 539 cm³/mol. The minimum atomic E-state index is -1.29. The predicted octanol–water partition coefficient (Wildman–Crippen LogP) is 28.4. The van der Waals surface area contributed by atoms with Crippen molar-refractivity contribution in [3.63, 3.8) is 0 Å². The lowest BCUT2D eigenvalue weighted by molar-refractivity contribution is 0.612. The second kappa shape index (κ2) is 38.7. The minimum absolute atomic E-state index is 0.965. The number of fused-ring (bicyclic) bond motifs is 4. The van der Waals surface area contributed by atoms with Crippen molar-refractivity contribution in [2.45, 2.75) is 144 Å². The van der Waals surface area contributed by atoms with E-state index >= 15 is 0 Å². The summed E-state index contributed by atoms with van der Waals surface area (Å²) in [5, 5.41) is 9.54. The summed E-state index contributed by atoms with van der Waals surface area (Å²) in [5.41, 5.74) is 33.6. The van der Waals surface area contributed by atoms with Gasteiger partial charge in [0.25, 0.3) is 0 Å². The van der Waals surface area contributed by atoms with Gasteiger partial charge >= 0.3 is 0 Å². The highest BCUT2D eigenvalue weighted by Gasteiger charge is 2.38. The zero-order chi connectivity index (χ0) is 85.4. The SMILES string of the molecule is Cc1cc(C)c(-c2cc3c(c(-c4c5c(cc(-c6cc(C)cc(C)c6C)c4OP(c4ccccc4)c4ccccc4)CCCC5)c2OP(c2ccccc2)c2ccccc2)CCCC3)c(C)c1.c1ccc(-c2cc3c(c(-c4c5c(cc(-c6ccccc6)c4OP(c4ccccc4)c4ccccc4)CCCC5)c2OP(c2ccccc2)c2ccccc2)CCCC3)cc1. The fourth-order valence-corrected chi connectivity index (χ4v) is 26.9. The van der Waals surface area contributed by atoms with Crippen LogP contribution in [0.5, 0.6) is 23.0 Å². The van der Waals surface area contributed by atoms with Crippen molar-refractivity contribution in [2.24, 2.45) is 0 Å². The Kier molecular flexibility index (Phi) is 25.8. The van der Waals surface area contributed by atoms with Crippen molar-refractivity contribution in [3.05, 3.63) is 430 Å². The zero-order valence-electron chi connectivity index (χ0n) is 73.2. The molecule has 0 bridgehead atoms. The Morgan fingerprint density at radius 2 is 0.405 bits per heavy atom. The fourth-order valence-electron chi connectivity index (χ4n) is 19.8. The molecule has 20 rings (SSSR count). The van der Waals surface area contributed by atoms with Gasteiger partial charge in [0.2, 0.25) is 0 Å². The van der Waals surface area contributed by atoms with Gasteiger partial charge in [-0.1, -0.05) is 339 Å². The lowest BCUT2D eigenvalue weighted by Gasteiger charge is -2.33. The number of hydrogen-bond donors (Lipinski definition) is 0. The lowest BCUT2D eigenvalue weighted by Crippen LogP contribution is -2.19. The number of rotatable bonds is 22. The van der Waals surface area contributed by atoms with E-state index in [9.17, 15) is 0 Å². The summed E-state index contributed by atoms with van der Waals surface area (Å²) < 4.78 is 32.0. The molecule has 16 aromatic rings. The van der Waals surface area contributed by atoms with Crippen LogP contribution in [0.3, 0.4) is 0 Å². The summed E-state index contributed by atoms with van der Waals surface area (Å²) in [6.07, 6.45) is 17.5. The minimum Gasteiger partial charge on any atom is -0.463 e. The quantitative estimate of drug-likeness (QED) is 0.0634. The molecule has 0 aromatic heterocycles. The molecule has 0 atom stereocenters. The average Bonchev–Trinajstić information content (AvgIpc) is 0.725. The van der Waals surface area contributed by atoms with Crippen molar-refractivity contribution in [3.8, 4) is 89.8 Å². The van der Waals surface area contributed by atoms with Crippen LogP contribution >= 0.6 is 32.6 Å². The highest BCUT2D eigenvalue weighted by atomic mass is 31.1. The van der Waals surface area contributed by atoms with E-state index in [2.05, 4.69) is 393 Å². The molecule has 0 spiro atoms. The average molecular weight is 1710 g/mol. The third-order valence-electron chi connectivity index (χ3n) is 25.8. The molecule has 4 nitrogen and oxygen atoms in total. The lowest BCUT2D eigenvalue weighted by atomic mass is 9.76. The molecule has 0 N–H and O–H groups in total. The van der Waals surface area contributed by atoms with E-state index < -0.39 is 32.6 Å². The van der Waals surface area contributed by atoms with Gasteiger partial charge in [-0.2, -0.15) is 0 Å². The van der Waals surface area contributed by atoms with Crippen LogP contribution in [0.25, 0.3) is 66.8 Å². The van der Waals surface area contributed by atoms with Crippen LogP contribution in [0.15, 0.2) is 352 Å². The van der Waals surface area contributed by atoms with Gasteiger partial charge in [0.15, 0.2) is 32.6 Å². The van der Waals surface area contributed by atoms with Crippen molar-refractivity contribution < 1.29 is 18.1 Å². The topological polar surface area (TPSA) is 36.9 Å². The molecular weight excluding hydrogens is 1610 g/mol. The van der Waals surface area contributed by atoms with Gasteiger partial charge in [0.05, 0.1) is 0 Å². The van der Waals surface area contributed by atoms with E-state index in [0.29, 0.717) is 0 Å². The maximum atomic E-state index is 8.11. The Hall–Kier alpha value is -11.6. The van der Waals surface area contributed by atoms with Crippen LogP contribution in [-0.4, -0.2) is 0 Å². The van der Waals surface area contributed by atoms with Crippen LogP contribution in [0.2, 0.25) is 0 Å². The van der Waals surface area contributed by atoms with Gasteiger partial charge < -0.3 is 18.1 Å². The maximum Gasteiger partial charge on any atom is 0.150 e. The third kappa shape index (κ3) is 17.8. The number of aryl methyl sites for hydroxylation is 9. The summed E-state index contributed by atoms with van der Waals surface area (Å²) in [5.74, 6) is 3.90. The molecule has 0 unspecified atom stereocenters. The molecule has 8 heteroatoms. The fraction of sp³-hybridized carbons (Fsp3) is 0.186. The summed E-state index contributed by atoms with van der Waals surface area (Å²) in [4.78, 5) is 0. The second-order valence-electron chi connectivity index (χ2n) is 34.4. The van der Waals surface area contributed by atoms with Crippen LogP contribution in [0, 0.1) is 41.5 Å². The molecule has 0 radical (unpaired) electrons. The molecule has 4 aliphatic rings. The Bertz CT molecular complexity index is 6140. The maximum absolute atomic E-state index is 8.11. The summed E-state index contributed by atoms with van der Waals surface area (Å²) in [6.45, 7) is 13.6. The molecule has 0 heterocycles. The Balaban J connectivity index is 0.000000165. The summed E-state index contributed by atoms with van der Waals surface area (Å²) >= 11 is 0. The van der Waals surface area contributed by atoms with Crippen molar-refractivity contribution in [1.29, 1.82) is 0 Å². The molecule has 126 heavy (non-hydrogen) atoms. The van der Waals surface area contributed by atoms with E-state index in [0.717, 1.165) is 111 Å². The van der Waals surface area contributed by atoms with Crippen molar-refractivity contribution in [2.75, 3.05) is 0 Å². The monoisotopic (exact) mass is 1710 g/mol. The molecule has 0 aliphatic heterocycles. The van der Waals surface area contributed by atoms with E-state index in [1.54, 1.807) is 0 Å². The number of hydrogen-bond acceptors (Lipinski definition) is 4. The second-order valence-corrected chi connectivity index (χ2v) is 41.6. The zero-order valence-corrected chi connectivity index (χ0v) is 76.8. The largest absolute Gasteiger partial charge is 0.463 e. The van der Waals surface area contributed by atoms with E-state index in [-0.39, 0.29) is 0 Å². The molecular formula is C118H108O4P4. The summed E-state index contributed by atoms with van der Waals surface area (Å²) in [6, 6.07) is 129. The first-order valence-corrected chi connectivity index (χ1v) is 50.4. The molecule has 0 fully saturated rings. The van der Waals surface area contributed by atoms with Gasteiger partial charge in [-0.3, -0.25) is 0 Å². The molecule has 0 saturated carbocycles. The highest BCUT2D eigenvalue weighted by Crippen LogP contribution is 2.61. The number of benzene rings is 16. The van der Waals surface area contributed by atoms with Gasteiger partial charge in [-0.15, -0.1) is 0 Å². The Morgan fingerprint density at radius 1 is 0.190 bits per heavy atom. The van der Waals surface area contributed by atoms with Gasteiger partial charge in [-0.25, -0.2) is 0 Å². The van der Waals surface area contributed by atoms with Crippen LogP contribution in [-0.2, 0) is 51.4 Å². The van der Waals surface area contributed by atoms with Crippen molar-refractivity contribution in [1.82, 2.24) is 0 Å². The first-order chi connectivity index (χ1) is 62.0. The Morgan fingerprint density at radius 3 is 0.683 bits per heavy atom. The highest BCUT2D eigenvalue weighted by molar-refractivity contribution is 7.70. The third-order valence-corrected chi connectivity index (χ3v) is 33.4. The molecule has 0 saturated heterocycles. The molecule has 624 valence electrons. The van der Waals surface area contributed by atoms with Crippen LogP contribution in [0.4, 0.5) is 0 Å². The molecule has 16 aromatic carbocycles. The molecule has 4 aliphatic carbocycles. The smallest absolute Gasteiger partial charge is 0.150 e. The summed E-state index contributed by atoms with van der Waals surface area (Å²) in [7, 11) is -5.08. The normalized spacial score (nSPS) is 13.4. The van der Waals surface area contributed by atoms with Crippen LogP contribution < -0.4 is 60.5 Å². The van der Waals surface area contributed by atoms with E-state index in [1.807, 2.05) is 0 Å². The van der Waals surface area contributed by atoms with Gasteiger partial charge in [0.1, 0.15) is 23.0 Å². The van der Waals surface area contributed by atoms with Crippen molar-refractivity contribution >= 4 is 75.0 Å². The van der Waals surface area contributed by atoms with E-state index in [1.165, 1.54) is 202 Å². The van der Waals surface area contributed by atoms with Crippen LogP contribution in [0.1, 0.15) is 129 Å². The van der Waals surface area contributed by atoms with E-state index in [4.69, 9.17) is 18.1 Å². The Labute approximate surface area is 751 Å². The first kappa shape index (κ1) is 84.0. The molecule has 0 amide bonds. The first-order valence-electron chi connectivity index (χ1n) is 45.4.